The summed E-state index contributed by atoms with van der Waals surface area (Å²) in [6.45, 7) is 5.28. The number of aromatic nitrogens is 1. The van der Waals surface area contributed by atoms with Crippen LogP contribution in [0.4, 0.5) is 5.13 Å². The van der Waals surface area contributed by atoms with Gasteiger partial charge in [-0.15, -0.1) is 35.1 Å². The maximum Gasteiger partial charge on any atom is 0.269 e. The first-order valence-electron chi connectivity index (χ1n) is 8.35. The lowest BCUT2D eigenvalue weighted by atomic mass is 10.2. The first-order chi connectivity index (χ1) is 12.2. The van der Waals surface area contributed by atoms with Crippen LogP contribution in [-0.2, 0) is 13.0 Å². The standard InChI is InChI=1S/C18H18ClN3OS2.ClH/c1-2-8-22-9-7-12-14(10-22)25-18(20-12)21-17(23)16-15(19)11-5-3-4-6-13(11)24-16;/h3-6H,2,7-10H2,1H3,(H,20,21,23);1H. The highest BCUT2D eigenvalue weighted by Crippen LogP contribution is 2.36. The average molecular weight is 428 g/mol. The Hall–Kier alpha value is -1.18. The number of hydrogen-bond acceptors (Lipinski definition) is 5. The summed E-state index contributed by atoms with van der Waals surface area (Å²) in [5.74, 6) is -0.178. The number of amides is 1. The lowest BCUT2D eigenvalue weighted by Crippen LogP contribution is -2.30. The largest absolute Gasteiger partial charge is 0.298 e. The Morgan fingerprint density at radius 1 is 1.35 bits per heavy atom. The molecule has 0 unspecified atom stereocenters. The van der Waals surface area contributed by atoms with Gasteiger partial charge in [0.25, 0.3) is 5.91 Å². The summed E-state index contributed by atoms with van der Waals surface area (Å²) in [5, 5.41) is 5.05. The SMILES string of the molecule is CCCN1CCc2nc(NC(=O)c3sc4ccccc4c3Cl)sc2C1.Cl. The molecule has 138 valence electrons. The number of carbonyl (C=O) groups excluding carboxylic acids is 1. The summed E-state index contributed by atoms with van der Waals surface area (Å²) in [5.41, 5.74) is 1.12. The third kappa shape index (κ3) is 3.75. The van der Waals surface area contributed by atoms with Gasteiger partial charge in [0.15, 0.2) is 5.13 Å². The van der Waals surface area contributed by atoms with Crippen molar-refractivity contribution >= 4 is 67.8 Å². The van der Waals surface area contributed by atoms with Crippen LogP contribution in [0.2, 0.25) is 5.02 Å². The summed E-state index contributed by atoms with van der Waals surface area (Å²) >= 11 is 9.39. The second-order valence-electron chi connectivity index (χ2n) is 6.11. The molecule has 1 aromatic carbocycles. The van der Waals surface area contributed by atoms with Crippen molar-refractivity contribution in [1.82, 2.24) is 9.88 Å². The first-order valence-corrected chi connectivity index (χ1v) is 10.4. The molecular formula is C18H19Cl2N3OS2. The monoisotopic (exact) mass is 427 g/mol. The van der Waals surface area contributed by atoms with Crippen molar-refractivity contribution in [2.45, 2.75) is 26.3 Å². The van der Waals surface area contributed by atoms with Gasteiger partial charge in [-0.2, -0.15) is 0 Å². The first kappa shape index (κ1) is 19.6. The van der Waals surface area contributed by atoms with Crippen LogP contribution in [0.5, 0.6) is 0 Å². The molecule has 0 fully saturated rings. The fraction of sp³-hybridized carbons (Fsp3) is 0.333. The second kappa shape index (κ2) is 8.23. The number of thiazole rings is 1. The fourth-order valence-corrected chi connectivity index (χ4v) is 5.58. The van der Waals surface area contributed by atoms with E-state index in [9.17, 15) is 4.79 Å². The number of rotatable bonds is 4. The van der Waals surface area contributed by atoms with E-state index in [0.717, 1.165) is 48.3 Å². The lowest BCUT2D eigenvalue weighted by molar-refractivity contribution is 0.103. The third-order valence-electron chi connectivity index (χ3n) is 4.31. The topological polar surface area (TPSA) is 45.2 Å². The minimum Gasteiger partial charge on any atom is -0.298 e. The van der Waals surface area contributed by atoms with E-state index in [4.69, 9.17) is 11.6 Å². The molecule has 2 aromatic heterocycles. The fourth-order valence-electron chi connectivity index (χ4n) is 3.12. The molecule has 0 radical (unpaired) electrons. The molecule has 0 saturated heterocycles. The quantitative estimate of drug-likeness (QED) is 0.601. The number of fused-ring (bicyclic) bond motifs is 2. The van der Waals surface area contributed by atoms with E-state index in [1.807, 2.05) is 24.3 Å². The Bertz CT molecular complexity index is 938. The zero-order chi connectivity index (χ0) is 17.4. The van der Waals surface area contributed by atoms with Crippen LogP contribution < -0.4 is 5.32 Å². The Morgan fingerprint density at radius 2 is 2.15 bits per heavy atom. The highest BCUT2D eigenvalue weighted by atomic mass is 35.5. The highest BCUT2D eigenvalue weighted by Gasteiger charge is 2.22. The number of halogens is 2. The predicted molar refractivity (Wildman–Crippen MR) is 113 cm³/mol. The van der Waals surface area contributed by atoms with E-state index in [1.54, 1.807) is 11.3 Å². The van der Waals surface area contributed by atoms with Gasteiger partial charge in [0.05, 0.1) is 10.7 Å². The molecule has 4 nitrogen and oxygen atoms in total. The minimum absolute atomic E-state index is 0. The van der Waals surface area contributed by atoms with E-state index in [2.05, 4.69) is 22.1 Å². The van der Waals surface area contributed by atoms with E-state index in [-0.39, 0.29) is 18.3 Å². The van der Waals surface area contributed by atoms with Gasteiger partial charge in [0.2, 0.25) is 0 Å². The molecule has 1 aliphatic heterocycles. The summed E-state index contributed by atoms with van der Waals surface area (Å²) in [7, 11) is 0. The lowest BCUT2D eigenvalue weighted by Gasteiger charge is -2.24. The Labute approximate surface area is 171 Å². The van der Waals surface area contributed by atoms with Crippen LogP contribution in [-0.4, -0.2) is 28.9 Å². The maximum absolute atomic E-state index is 12.7. The van der Waals surface area contributed by atoms with Crippen molar-refractivity contribution in [1.29, 1.82) is 0 Å². The second-order valence-corrected chi connectivity index (χ2v) is 8.62. The molecular weight excluding hydrogens is 409 g/mol. The Balaban J connectivity index is 0.00000196. The Morgan fingerprint density at radius 3 is 2.92 bits per heavy atom. The third-order valence-corrected chi connectivity index (χ3v) is 6.98. The minimum atomic E-state index is -0.178. The number of benzene rings is 1. The molecule has 3 heterocycles. The Kier molecular flexibility index (Phi) is 6.20. The van der Waals surface area contributed by atoms with Crippen LogP contribution >= 0.6 is 46.7 Å². The zero-order valence-electron chi connectivity index (χ0n) is 14.3. The van der Waals surface area contributed by atoms with Crippen LogP contribution in [0, 0.1) is 0 Å². The molecule has 1 N–H and O–H groups in total. The molecule has 0 atom stereocenters. The molecule has 26 heavy (non-hydrogen) atoms. The molecule has 3 aromatic rings. The van der Waals surface area contributed by atoms with Gasteiger partial charge in [0.1, 0.15) is 4.88 Å². The van der Waals surface area contributed by atoms with Crippen molar-refractivity contribution in [2.24, 2.45) is 0 Å². The molecule has 0 saturated carbocycles. The summed E-state index contributed by atoms with van der Waals surface area (Å²) in [6, 6.07) is 7.80. The van der Waals surface area contributed by atoms with E-state index in [1.165, 1.54) is 16.2 Å². The molecule has 0 bridgehead atoms. The molecule has 8 heteroatoms. The van der Waals surface area contributed by atoms with Gasteiger partial charge in [-0.3, -0.25) is 15.0 Å². The smallest absolute Gasteiger partial charge is 0.269 e. The summed E-state index contributed by atoms with van der Waals surface area (Å²) in [6.07, 6.45) is 2.10. The predicted octanol–water partition coefficient (Wildman–Crippen LogP) is 5.45. The van der Waals surface area contributed by atoms with Crippen LogP contribution in [0.1, 0.15) is 33.6 Å². The maximum atomic E-state index is 12.7. The highest BCUT2D eigenvalue weighted by molar-refractivity contribution is 7.22. The van der Waals surface area contributed by atoms with Crippen LogP contribution in [0.3, 0.4) is 0 Å². The average Bonchev–Trinajstić information content (AvgIpc) is 3.16. The molecule has 4 rings (SSSR count). The molecule has 0 aliphatic carbocycles. The van der Waals surface area contributed by atoms with Crippen LogP contribution in [0.25, 0.3) is 10.1 Å². The van der Waals surface area contributed by atoms with Gasteiger partial charge in [-0.25, -0.2) is 4.98 Å². The molecule has 0 spiro atoms. The summed E-state index contributed by atoms with van der Waals surface area (Å²) < 4.78 is 1.02. The number of carbonyl (C=O) groups is 1. The summed E-state index contributed by atoms with van der Waals surface area (Å²) in [4.78, 5) is 21.5. The normalized spacial score (nSPS) is 14.1. The molecule has 1 amide bonds. The van der Waals surface area contributed by atoms with Gasteiger partial charge >= 0.3 is 0 Å². The number of nitrogens with zero attached hydrogens (tertiary/aromatic N) is 2. The van der Waals surface area contributed by atoms with Crippen LogP contribution in [0.15, 0.2) is 24.3 Å². The van der Waals surface area contributed by atoms with Gasteiger partial charge in [0, 0.05) is 34.5 Å². The van der Waals surface area contributed by atoms with Crippen molar-refractivity contribution in [3.05, 3.63) is 44.7 Å². The molecule has 1 aliphatic rings. The van der Waals surface area contributed by atoms with E-state index >= 15 is 0 Å². The van der Waals surface area contributed by atoms with E-state index < -0.39 is 0 Å². The number of hydrogen-bond donors (Lipinski definition) is 1. The van der Waals surface area contributed by atoms with Crippen molar-refractivity contribution in [3.8, 4) is 0 Å². The number of thiophene rings is 1. The van der Waals surface area contributed by atoms with Crippen molar-refractivity contribution in [3.63, 3.8) is 0 Å². The van der Waals surface area contributed by atoms with Gasteiger partial charge in [-0.1, -0.05) is 36.7 Å². The zero-order valence-corrected chi connectivity index (χ0v) is 17.5. The van der Waals surface area contributed by atoms with Gasteiger partial charge in [-0.05, 0) is 19.0 Å². The van der Waals surface area contributed by atoms with Crippen molar-refractivity contribution < 1.29 is 4.79 Å². The van der Waals surface area contributed by atoms with E-state index in [0.29, 0.717) is 15.0 Å². The van der Waals surface area contributed by atoms with Gasteiger partial charge < -0.3 is 0 Å². The number of anilines is 1. The van der Waals surface area contributed by atoms with Crippen molar-refractivity contribution in [2.75, 3.05) is 18.4 Å². The number of nitrogens with one attached hydrogen (secondary N) is 1.